The van der Waals surface area contributed by atoms with Gasteiger partial charge in [-0.1, -0.05) is 23.7 Å². The third-order valence-corrected chi connectivity index (χ3v) is 4.89. The molecule has 0 saturated heterocycles. The van der Waals surface area contributed by atoms with Gasteiger partial charge in [0.2, 0.25) is 11.7 Å². The van der Waals surface area contributed by atoms with E-state index in [1.54, 1.807) is 42.9 Å². The Hall–Kier alpha value is -3.19. The number of benzene rings is 2. The first kappa shape index (κ1) is 20.5. The van der Waals surface area contributed by atoms with Crippen LogP contribution in [-0.4, -0.2) is 45.1 Å². The standard InChI is InChI=1S/C21H22ClN5O2/c1-13-6-5-7-18(14(13)2)24-19(28)12-26(4)21(29)20-23-15(3)27(25-20)17-10-8-16(22)9-11-17/h5-11H,12H2,1-4H3,(H,24,28). The summed E-state index contributed by atoms with van der Waals surface area (Å²) in [5.41, 5.74) is 3.55. The van der Waals surface area contributed by atoms with Gasteiger partial charge in [-0.05, 0) is 62.2 Å². The Balaban J connectivity index is 1.70. The number of aryl methyl sites for hydroxylation is 2. The topological polar surface area (TPSA) is 80.1 Å². The fourth-order valence-electron chi connectivity index (χ4n) is 2.84. The van der Waals surface area contributed by atoms with E-state index in [4.69, 9.17) is 11.6 Å². The summed E-state index contributed by atoms with van der Waals surface area (Å²) < 4.78 is 1.56. The van der Waals surface area contributed by atoms with Gasteiger partial charge in [-0.15, -0.1) is 5.10 Å². The van der Waals surface area contributed by atoms with E-state index in [1.165, 1.54) is 4.90 Å². The normalized spacial score (nSPS) is 10.7. The molecule has 0 aliphatic heterocycles. The van der Waals surface area contributed by atoms with Crippen molar-refractivity contribution in [3.05, 3.63) is 70.3 Å². The number of aromatic nitrogens is 3. The van der Waals surface area contributed by atoms with Crippen molar-refractivity contribution >= 4 is 29.1 Å². The minimum atomic E-state index is -0.433. The van der Waals surface area contributed by atoms with E-state index in [9.17, 15) is 9.59 Å². The third kappa shape index (κ3) is 4.63. The number of anilines is 1. The number of carbonyl (C=O) groups is 2. The lowest BCUT2D eigenvalue weighted by atomic mass is 10.1. The zero-order valence-electron chi connectivity index (χ0n) is 16.7. The van der Waals surface area contributed by atoms with Crippen LogP contribution in [0.2, 0.25) is 5.02 Å². The van der Waals surface area contributed by atoms with Gasteiger partial charge in [0.1, 0.15) is 5.82 Å². The third-order valence-electron chi connectivity index (χ3n) is 4.64. The summed E-state index contributed by atoms with van der Waals surface area (Å²) >= 11 is 5.92. The molecule has 1 aromatic heterocycles. The number of amides is 2. The van der Waals surface area contributed by atoms with E-state index in [2.05, 4.69) is 15.4 Å². The summed E-state index contributed by atoms with van der Waals surface area (Å²) in [6.45, 7) is 5.56. The quantitative estimate of drug-likeness (QED) is 0.696. The molecule has 2 aromatic carbocycles. The van der Waals surface area contributed by atoms with Crippen LogP contribution in [0.4, 0.5) is 5.69 Å². The number of nitrogens with zero attached hydrogens (tertiary/aromatic N) is 4. The monoisotopic (exact) mass is 411 g/mol. The molecule has 150 valence electrons. The summed E-state index contributed by atoms with van der Waals surface area (Å²) in [6, 6.07) is 12.8. The molecule has 0 saturated carbocycles. The maximum atomic E-state index is 12.7. The van der Waals surface area contributed by atoms with Crippen molar-refractivity contribution in [1.82, 2.24) is 19.7 Å². The van der Waals surface area contributed by atoms with Crippen LogP contribution in [0.15, 0.2) is 42.5 Å². The lowest BCUT2D eigenvalue weighted by Gasteiger charge is -2.16. The van der Waals surface area contributed by atoms with Crippen LogP contribution in [-0.2, 0) is 4.79 Å². The first-order valence-corrected chi connectivity index (χ1v) is 9.45. The van der Waals surface area contributed by atoms with Crippen LogP contribution in [0.3, 0.4) is 0 Å². The van der Waals surface area contributed by atoms with Crippen LogP contribution >= 0.6 is 11.6 Å². The first-order valence-electron chi connectivity index (χ1n) is 9.07. The second-order valence-corrected chi connectivity index (χ2v) is 7.26. The molecular weight excluding hydrogens is 390 g/mol. The number of nitrogens with one attached hydrogen (secondary N) is 1. The molecule has 0 radical (unpaired) electrons. The van der Waals surface area contributed by atoms with Crippen molar-refractivity contribution in [3.8, 4) is 5.69 Å². The highest BCUT2D eigenvalue weighted by molar-refractivity contribution is 6.30. The van der Waals surface area contributed by atoms with Crippen molar-refractivity contribution in [2.24, 2.45) is 0 Å². The van der Waals surface area contributed by atoms with E-state index >= 15 is 0 Å². The van der Waals surface area contributed by atoms with E-state index in [-0.39, 0.29) is 18.3 Å². The van der Waals surface area contributed by atoms with Gasteiger partial charge in [0, 0.05) is 17.8 Å². The van der Waals surface area contributed by atoms with Crippen LogP contribution in [0.1, 0.15) is 27.6 Å². The van der Waals surface area contributed by atoms with Gasteiger partial charge in [0.15, 0.2) is 0 Å². The van der Waals surface area contributed by atoms with Crippen LogP contribution in [0.25, 0.3) is 5.69 Å². The highest BCUT2D eigenvalue weighted by atomic mass is 35.5. The lowest BCUT2D eigenvalue weighted by Crippen LogP contribution is -2.35. The van der Waals surface area contributed by atoms with Crippen molar-refractivity contribution in [2.75, 3.05) is 18.9 Å². The summed E-state index contributed by atoms with van der Waals surface area (Å²) in [6.07, 6.45) is 0. The molecule has 0 atom stereocenters. The largest absolute Gasteiger partial charge is 0.330 e. The van der Waals surface area contributed by atoms with Crippen LogP contribution < -0.4 is 5.32 Å². The molecule has 1 heterocycles. The van der Waals surface area contributed by atoms with Gasteiger partial charge in [-0.2, -0.15) is 0 Å². The van der Waals surface area contributed by atoms with Crippen molar-refractivity contribution in [3.63, 3.8) is 0 Å². The average molecular weight is 412 g/mol. The van der Waals surface area contributed by atoms with Gasteiger partial charge in [0.25, 0.3) is 5.91 Å². The summed E-state index contributed by atoms with van der Waals surface area (Å²) in [7, 11) is 1.54. The van der Waals surface area contributed by atoms with Crippen molar-refractivity contribution in [2.45, 2.75) is 20.8 Å². The molecule has 0 bridgehead atoms. The lowest BCUT2D eigenvalue weighted by molar-refractivity contribution is -0.116. The Kier molecular flexibility index (Phi) is 5.98. The average Bonchev–Trinajstić information content (AvgIpc) is 3.07. The highest BCUT2D eigenvalue weighted by Gasteiger charge is 2.21. The predicted octanol–water partition coefficient (Wildman–Crippen LogP) is 3.56. The molecule has 8 heteroatoms. The number of carbonyl (C=O) groups excluding carboxylic acids is 2. The Morgan fingerprint density at radius 1 is 1.10 bits per heavy atom. The molecule has 7 nitrogen and oxygen atoms in total. The molecule has 0 spiro atoms. The Morgan fingerprint density at radius 2 is 1.79 bits per heavy atom. The van der Waals surface area contributed by atoms with Gasteiger partial charge < -0.3 is 10.2 Å². The SMILES string of the molecule is Cc1cccc(NC(=O)CN(C)C(=O)c2nc(C)n(-c3ccc(Cl)cc3)n2)c1C. The van der Waals surface area contributed by atoms with E-state index in [1.807, 2.05) is 32.0 Å². The molecular formula is C21H22ClN5O2. The number of halogens is 1. The minimum absolute atomic E-state index is 0.0273. The molecule has 29 heavy (non-hydrogen) atoms. The summed E-state index contributed by atoms with van der Waals surface area (Å²) in [4.78, 5) is 30.6. The van der Waals surface area contributed by atoms with E-state index in [0.29, 0.717) is 10.8 Å². The number of rotatable bonds is 5. The Labute approximate surface area is 174 Å². The number of likely N-dealkylation sites (N-methyl/N-ethyl adjacent to an activating group) is 1. The number of hydrogen-bond acceptors (Lipinski definition) is 4. The Morgan fingerprint density at radius 3 is 2.48 bits per heavy atom. The highest BCUT2D eigenvalue weighted by Crippen LogP contribution is 2.18. The Bertz CT molecular complexity index is 1060. The van der Waals surface area contributed by atoms with Crippen molar-refractivity contribution in [1.29, 1.82) is 0 Å². The zero-order valence-corrected chi connectivity index (χ0v) is 17.5. The molecule has 3 rings (SSSR count). The van der Waals surface area contributed by atoms with Gasteiger partial charge >= 0.3 is 0 Å². The summed E-state index contributed by atoms with van der Waals surface area (Å²) in [5.74, 6) is -0.135. The zero-order chi connectivity index (χ0) is 21.1. The van der Waals surface area contributed by atoms with Crippen molar-refractivity contribution < 1.29 is 9.59 Å². The van der Waals surface area contributed by atoms with Gasteiger partial charge in [0.05, 0.1) is 12.2 Å². The minimum Gasteiger partial charge on any atom is -0.330 e. The van der Waals surface area contributed by atoms with E-state index < -0.39 is 5.91 Å². The molecule has 0 aliphatic rings. The van der Waals surface area contributed by atoms with Crippen LogP contribution in [0.5, 0.6) is 0 Å². The predicted molar refractivity (Wildman–Crippen MR) is 113 cm³/mol. The number of hydrogen-bond donors (Lipinski definition) is 1. The smallest absolute Gasteiger partial charge is 0.293 e. The molecule has 2 amide bonds. The van der Waals surface area contributed by atoms with Gasteiger partial charge in [-0.25, -0.2) is 9.67 Å². The molecule has 0 aliphatic carbocycles. The molecule has 1 N–H and O–H groups in total. The molecule has 3 aromatic rings. The second-order valence-electron chi connectivity index (χ2n) is 6.83. The fraction of sp³-hybridized carbons (Fsp3) is 0.238. The van der Waals surface area contributed by atoms with E-state index in [0.717, 1.165) is 22.5 Å². The second kappa shape index (κ2) is 8.45. The molecule has 0 unspecified atom stereocenters. The maximum Gasteiger partial charge on any atom is 0.293 e. The fourth-order valence-corrected chi connectivity index (χ4v) is 2.97. The summed E-state index contributed by atoms with van der Waals surface area (Å²) in [5, 5.41) is 7.74. The maximum absolute atomic E-state index is 12.7. The molecule has 0 fully saturated rings. The van der Waals surface area contributed by atoms with Crippen LogP contribution in [0, 0.1) is 20.8 Å². The first-order chi connectivity index (χ1) is 13.8. The van der Waals surface area contributed by atoms with Gasteiger partial charge in [-0.3, -0.25) is 9.59 Å².